The van der Waals surface area contributed by atoms with Crippen molar-refractivity contribution < 1.29 is 9.53 Å². The van der Waals surface area contributed by atoms with Crippen LogP contribution in [0.5, 0.6) is 5.75 Å². The zero-order valence-corrected chi connectivity index (χ0v) is 9.65. The van der Waals surface area contributed by atoms with Crippen molar-refractivity contribution in [1.82, 2.24) is 0 Å². The first-order valence-electron chi connectivity index (χ1n) is 4.89. The summed E-state index contributed by atoms with van der Waals surface area (Å²) in [5.74, 6) is -0.153. The number of hydrogen-bond acceptors (Lipinski definition) is 4. The highest BCUT2D eigenvalue weighted by molar-refractivity contribution is 5.96. The maximum absolute atomic E-state index is 10.8. The third-order valence-electron chi connectivity index (χ3n) is 2.11. The number of amides is 1. The Kier molecular flexibility index (Phi) is 4.12. The fraction of sp³-hybridized carbons (Fsp3) is 0.167. The second kappa shape index (κ2) is 5.56. The van der Waals surface area contributed by atoms with Crippen LogP contribution in [0.3, 0.4) is 0 Å². The van der Waals surface area contributed by atoms with Gasteiger partial charge in [-0.2, -0.15) is 5.26 Å². The molecule has 0 bridgehead atoms. The molecule has 0 atom stereocenters. The van der Waals surface area contributed by atoms with E-state index in [2.05, 4.69) is 5.32 Å². The van der Waals surface area contributed by atoms with Gasteiger partial charge in [-0.3, -0.25) is 4.79 Å². The maximum Gasteiger partial charge on any atom is 0.260 e. The van der Waals surface area contributed by atoms with E-state index in [0.29, 0.717) is 11.4 Å². The number of methoxy groups -OCH3 is 1. The molecule has 0 saturated heterocycles. The number of ether oxygens (including phenoxy) is 1. The minimum absolute atomic E-state index is 0.145. The molecule has 17 heavy (non-hydrogen) atoms. The van der Waals surface area contributed by atoms with Crippen LogP contribution >= 0.6 is 0 Å². The van der Waals surface area contributed by atoms with Gasteiger partial charge in [-0.05, 0) is 24.6 Å². The average molecular weight is 231 g/mol. The van der Waals surface area contributed by atoms with Crippen molar-refractivity contribution in [2.24, 2.45) is 5.73 Å². The van der Waals surface area contributed by atoms with E-state index in [0.717, 1.165) is 5.56 Å². The summed E-state index contributed by atoms with van der Waals surface area (Å²) >= 11 is 0. The van der Waals surface area contributed by atoms with E-state index in [-0.39, 0.29) is 5.57 Å². The Hall–Kier alpha value is -2.48. The number of benzene rings is 1. The largest absolute Gasteiger partial charge is 0.495 e. The fourth-order valence-corrected chi connectivity index (χ4v) is 1.24. The number of carbonyl (C=O) groups excluding carboxylic acids is 1. The van der Waals surface area contributed by atoms with Gasteiger partial charge in [-0.15, -0.1) is 0 Å². The molecule has 0 spiro atoms. The van der Waals surface area contributed by atoms with Crippen molar-refractivity contribution in [3.8, 4) is 11.8 Å². The van der Waals surface area contributed by atoms with Crippen LogP contribution in [0.4, 0.5) is 5.69 Å². The molecule has 1 aromatic carbocycles. The number of aryl methyl sites for hydroxylation is 1. The fourth-order valence-electron chi connectivity index (χ4n) is 1.24. The first kappa shape index (κ1) is 12.6. The molecule has 0 aromatic heterocycles. The van der Waals surface area contributed by atoms with Crippen LogP contribution in [0.25, 0.3) is 0 Å². The minimum atomic E-state index is -0.772. The van der Waals surface area contributed by atoms with Crippen LogP contribution in [0.15, 0.2) is 30.0 Å². The summed E-state index contributed by atoms with van der Waals surface area (Å²) in [4.78, 5) is 10.8. The van der Waals surface area contributed by atoms with Crippen LogP contribution in [-0.4, -0.2) is 13.0 Å². The molecule has 5 heteroatoms. The van der Waals surface area contributed by atoms with Crippen LogP contribution in [0, 0.1) is 18.3 Å². The molecular weight excluding hydrogens is 218 g/mol. The summed E-state index contributed by atoms with van der Waals surface area (Å²) in [6, 6.07) is 7.24. The summed E-state index contributed by atoms with van der Waals surface area (Å²) in [6.07, 6.45) is 1.26. The lowest BCUT2D eigenvalue weighted by molar-refractivity contribution is -0.114. The third kappa shape index (κ3) is 3.24. The Balaban J connectivity index is 2.99. The van der Waals surface area contributed by atoms with Crippen LogP contribution in [-0.2, 0) is 4.79 Å². The maximum atomic E-state index is 10.8. The van der Waals surface area contributed by atoms with E-state index in [1.807, 2.05) is 19.1 Å². The lowest BCUT2D eigenvalue weighted by Crippen LogP contribution is -2.13. The van der Waals surface area contributed by atoms with Crippen molar-refractivity contribution in [3.63, 3.8) is 0 Å². The van der Waals surface area contributed by atoms with Crippen molar-refractivity contribution in [1.29, 1.82) is 5.26 Å². The van der Waals surface area contributed by atoms with E-state index < -0.39 is 5.91 Å². The molecule has 0 fully saturated rings. The Labute approximate surface area is 99.5 Å². The molecule has 1 rings (SSSR count). The van der Waals surface area contributed by atoms with Crippen LogP contribution in [0.2, 0.25) is 0 Å². The summed E-state index contributed by atoms with van der Waals surface area (Å²) in [7, 11) is 1.54. The number of nitriles is 1. The minimum Gasteiger partial charge on any atom is -0.495 e. The molecular formula is C12H13N3O2. The monoisotopic (exact) mass is 231 g/mol. The SMILES string of the molecule is COc1ccc(C)cc1N/C=C(\C#N)C(N)=O. The quantitative estimate of drug-likeness (QED) is 0.604. The van der Waals surface area contributed by atoms with E-state index in [1.54, 1.807) is 19.2 Å². The molecule has 5 nitrogen and oxygen atoms in total. The number of primary amides is 1. The number of rotatable bonds is 4. The second-order valence-electron chi connectivity index (χ2n) is 3.38. The van der Waals surface area contributed by atoms with Gasteiger partial charge in [0.05, 0.1) is 12.8 Å². The van der Waals surface area contributed by atoms with Crippen molar-refractivity contribution in [2.45, 2.75) is 6.92 Å². The Morgan fingerprint density at radius 1 is 1.59 bits per heavy atom. The summed E-state index contributed by atoms with van der Waals surface area (Å²) in [5.41, 5.74) is 6.56. The predicted molar refractivity (Wildman–Crippen MR) is 64.2 cm³/mol. The first-order valence-corrected chi connectivity index (χ1v) is 4.89. The smallest absolute Gasteiger partial charge is 0.260 e. The van der Waals surface area contributed by atoms with Crippen molar-refractivity contribution in [3.05, 3.63) is 35.5 Å². The highest BCUT2D eigenvalue weighted by Crippen LogP contribution is 2.25. The molecule has 88 valence electrons. The van der Waals surface area contributed by atoms with Gasteiger partial charge in [-0.25, -0.2) is 0 Å². The van der Waals surface area contributed by atoms with E-state index in [1.165, 1.54) is 6.20 Å². The zero-order chi connectivity index (χ0) is 12.8. The summed E-state index contributed by atoms with van der Waals surface area (Å²) < 4.78 is 5.14. The van der Waals surface area contributed by atoms with Gasteiger partial charge < -0.3 is 15.8 Å². The van der Waals surface area contributed by atoms with Gasteiger partial charge in [0.25, 0.3) is 5.91 Å². The summed E-state index contributed by atoms with van der Waals surface area (Å²) in [5, 5.41) is 11.5. The molecule has 0 aliphatic heterocycles. The first-order chi connectivity index (χ1) is 8.08. The zero-order valence-electron chi connectivity index (χ0n) is 9.65. The number of nitrogens with one attached hydrogen (secondary N) is 1. The Morgan fingerprint density at radius 2 is 2.29 bits per heavy atom. The van der Waals surface area contributed by atoms with E-state index in [4.69, 9.17) is 15.7 Å². The van der Waals surface area contributed by atoms with Gasteiger partial charge in [0, 0.05) is 6.20 Å². The van der Waals surface area contributed by atoms with Crippen molar-refractivity contribution >= 4 is 11.6 Å². The van der Waals surface area contributed by atoms with Crippen LogP contribution in [0.1, 0.15) is 5.56 Å². The molecule has 0 radical (unpaired) electrons. The third-order valence-corrected chi connectivity index (χ3v) is 2.11. The standard InChI is InChI=1S/C12H13N3O2/c1-8-3-4-11(17-2)10(5-8)15-7-9(6-13)12(14)16/h3-5,7,15H,1-2H3,(H2,14,16)/b9-7+. The normalized spacial score (nSPS) is 10.5. The highest BCUT2D eigenvalue weighted by atomic mass is 16.5. The van der Waals surface area contributed by atoms with E-state index in [9.17, 15) is 4.79 Å². The van der Waals surface area contributed by atoms with Gasteiger partial charge in [0.15, 0.2) is 0 Å². The molecule has 0 unspecified atom stereocenters. The lowest BCUT2D eigenvalue weighted by atomic mass is 10.2. The molecule has 1 aromatic rings. The molecule has 0 aliphatic carbocycles. The van der Waals surface area contributed by atoms with Crippen LogP contribution < -0.4 is 15.8 Å². The second-order valence-corrected chi connectivity index (χ2v) is 3.38. The van der Waals surface area contributed by atoms with Crippen molar-refractivity contribution in [2.75, 3.05) is 12.4 Å². The molecule has 0 saturated carbocycles. The van der Waals surface area contributed by atoms with Gasteiger partial charge in [0.1, 0.15) is 17.4 Å². The summed E-state index contributed by atoms with van der Waals surface area (Å²) in [6.45, 7) is 1.92. The molecule has 0 heterocycles. The average Bonchev–Trinajstić information content (AvgIpc) is 2.29. The molecule has 1 amide bonds. The number of anilines is 1. The highest BCUT2D eigenvalue weighted by Gasteiger charge is 2.05. The predicted octanol–water partition coefficient (Wildman–Crippen LogP) is 1.31. The Bertz CT molecular complexity index is 501. The number of carbonyl (C=O) groups is 1. The van der Waals surface area contributed by atoms with Gasteiger partial charge in [-0.1, -0.05) is 6.07 Å². The lowest BCUT2D eigenvalue weighted by Gasteiger charge is -2.09. The number of nitrogens with zero attached hydrogens (tertiary/aromatic N) is 1. The number of hydrogen-bond donors (Lipinski definition) is 2. The van der Waals surface area contributed by atoms with E-state index >= 15 is 0 Å². The van der Waals surface area contributed by atoms with Gasteiger partial charge in [0.2, 0.25) is 0 Å². The molecule has 0 aliphatic rings. The number of nitrogens with two attached hydrogens (primary N) is 1. The topological polar surface area (TPSA) is 88.1 Å². The molecule has 3 N–H and O–H groups in total. The van der Waals surface area contributed by atoms with Gasteiger partial charge >= 0.3 is 0 Å². The Morgan fingerprint density at radius 3 is 2.82 bits per heavy atom.